The second kappa shape index (κ2) is 31.7. The van der Waals surface area contributed by atoms with Gasteiger partial charge in [0.25, 0.3) is 0 Å². The molecule has 0 bridgehead atoms. The molecule has 0 radical (unpaired) electrons. The predicted molar refractivity (Wildman–Crippen MR) is 521 cm³/mol. The lowest BCUT2D eigenvalue weighted by Crippen LogP contribution is -2.37. The monoisotopic (exact) mass is 1580 g/mol. The van der Waals surface area contributed by atoms with Crippen molar-refractivity contribution >= 4 is 168 Å². The van der Waals surface area contributed by atoms with Crippen molar-refractivity contribution in [2.24, 2.45) is 0 Å². The van der Waals surface area contributed by atoms with Gasteiger partial charge in [-0.3, -0.25) is 0 Å². The number of para-hydroxylation sites is 7. The maximum atomic E-state index is 6.99. The molecule has 0 fully saturated rings. The van der Waals surface area contributed by atoms with Gasteiger partial charge >= 0.3 is 0 Å². The van der Waals surface area contributed by atoms with E-state index in [-0.39, 0.29) is 0 Å². The van der Waals surface area contributed by atoms with Crippen LogP contribution in [0.25, 0.3) is 131 Å². The third-order valence-corrected chi connectivity index (χ3v) is 25.9. The topological polar surface area (TPSA) is 39.2 Å². The summed E-state index contributed by atoms with van der Waals surface area (Å²) in [4.78, 5) is 9.31. The van der Waals surface area contributed by atoms with Gasteiger partial charge < -0.3 is 28.4 Å². The molecule has 20 aromatic carbocycles. The Labute approximate surface area is 711 Å². The highest BCUT2D eigenvalue weighted by Gasteiger charge is 2.26. The van der Waals surface area contributed by atoms with Crippen LogP contribution in [0.2, 0.25) is 19.6 Å². The quantitative estimate of drug-likeness (QED) is 0.0668. The Hall–Kier alpha value is -15.5. The van der Waals surface area contributed by atoms with Gasteiger partial charge in [-0.25, -0.2) is 0 Å². The largest absolute Gasteiger partial charge is 0.455 e. The van der Waals surface area contributed by atoms with Gasteiger partial charge in [-0.15, -0.1) is 0 Å². The Morgan fingerprint density at radius 1 is 0.180 bits per heavy atom. The lowest BCUT2D eigenvalue weighted by atomic mass is 9.94. The van der Waals surface area contributed by atoms with Crippen molar-refractivity contribution in [3.05, 3.63) is 455 Å². The summed E-state index contributed by atoms with van der Waals surface area (Å²) in [5, 5.41) is 15.3. The van der Waals surface area contributed by atoms with Crippen LogP contribution in [-0.4, -0.2) is 8.07 Å². The Balaban J connectivity index is 0.000000151. The van der Waals surface area contributed by atoms with Crippen LogP contribution < -0.4 is 24.8 Å². The molecule has 2 aromatic heterocycles. The smallest absolute Gasteiger partial charge is 0.143 e. The summed E-state index contributed by atoms with van der Waals surface area (Å²) in [5.74, 6) is 0. The zero-order valence-electron chi connectivity index (χ0n) is 67.9. The lowest BCUT2D eigenvalue weighted by Gasteiger charge is -2.28. The SMILES string of the molecule is C[Si](C)(C)c1ccc(N(c2ccccc2)c2ccc3c(c2)oc2c4ccc(-c5ccc(N(c6ccccc6)c6ccccc6-c6ccccc6)cc5)cc4c4ccccc4c32)cc1.c1ccc(-c2ccccc2N(c2ccccc2)c2ccc(-c3ccc4c(c3)c3ccccc3c3c5ccc(N(c6ccccc6)c6ccccc6)cc5oc43)cc2)cc1. The molecule has 0 spiro atoms. The van der Waals surface area contributed by atoms with E-state index in [0.717, 1.165) is 145 Å². The number of nitrogens with zero attached hydrogens (tertiary/aromatic N) is 4. The summed E-state index contributed by atoms with van der Waals surface area (Å²) >= 11 is 0. The summed E-state index contributed by atoms with van der Waals surface area (Å²) in [6.07, 6.45) is 0. The van der Waals surface area contributed by atoms with Gasteiger partial charge in [0.05, 0.1) is 19.4 Å². The van der Waals surface area contributed by atoms with Crippen LogP contribution in [-0.2, 0) is 0 Å². The fraction of sp³-hybridized carbons (Fsp3) is 0.0261. The van der Waals surface area contributed by atoms with E-state index in [2.05, 4.69) is 494 Å². The van der Waals surface area contributed by atoms with Crippen molar-refractivity contribution in [2.45, 2.75) is 19.6 Å². The van der Waals surface area contributed by atoms with E-state index in [0.29, 0.717) is 0 Å². The summed E-state index contributed by atoms with van der Waals surface area (Å²) in [7, 11) is -1.45. The Bertz CT molecular complexity index is 7530. The van der Waals surface area contributed by atoms with E-state index in [1.165, 1.54) is 59.8 Å². The Morgan fingerprint density at radius 3 is 0.811 bits per heavy atom. The van der Waals surface area contributed by atoms with E-state index in [1.807, 2.05) is 0 Å². The Kier molecular flexibility index (Phi) is 19.3. The average molecular weight is 1580 g/mol. The third kappa shape index (κ3) is 13.8. The molecule has 0 amide bonds. The molecule has 22 aromatic rings. The van der Waals surface area contributed by atoms with Crippen LogP contribution in [0.3, 0.4) is 0 Å². The molecular formula is C115H84N4O2Si. The second-order valence-corrected chi connectivity index (χ2v) is 37.3. The third-order valence-electron chi connectivity index (χ3n) is 23.8. The number of hydrogen-bond donors (Lipinski definition) is 0. The van der Waals surface area contributed by atoms with Crippen molar-refractivity contribution in [1.82, 2.24) is 0 Å². The molecule has 7 heteroatoms. The molecule has 0 aliphatic rings. The molecule has 0 unspecified atom stereocenters. The highest BCUT2D eigenvalue weighted by atomic mass is 28.3. The molecule has 0 saturated heterocycles. The number of furan rings is 2. The number of hydrogen-bond acceptors (Lipinski definition) is 6. The van der Waals surface area contributed by atoms with Gasteiger partial charge in [-0.05, 0) is 223 Å². The predicted octanol–water partition coefficient (Wildman–Crippen LogP) is 32.9. The molecule has 22 rings (SSSR count). The highest BCUT2D eigenvalue weighted by Crippen LogP contribution is 2.50. The number of benzene rings is 20. The molecule has 122 heavy (non-hydrogen) atoms. The molecule has 2 heterocycles. The van der Waals surface area contributed by atoms with E-state index in [9.17, 15) is 0 Å². The Morgan fingerprint density at radius 2 is 0.451 bits per heavy atom. The first-order chi connectivity index (χ1) is 60.2. The molecule has 580 valence electrons. The number of fused-ring (bicyclic) bond motifs is 16. The van der Waals surface area contributed by atoms with E-state index < -0.39 is 8.07 Å². The fourth-order valence-corrected chi connectivity index (χ4v) is 19.1. The molecule has 0 aliphatic heterocycles. The van der Waals surface area contributed by atoms with Gasteiger partial charge in [0.15, 0.2) is 0 Å². The lowest BCUT2D eigenvalue weighted by molar-refractivity contribution is 0.672. The minimum Gasteiger partial charge on any atom is -0.455 e. The van der Waals surface area contributed by atoms with Gasteiger partial charge in [-0.1, -0.05) is 310 Å². The maximum absolute atomic E-state index is 6.99. The molecule has 0 atom stereocenters. The molecule has 6 nitrogen and oxygen atoms in total. The van der Waals surface area contributed by atoms with Crippen molar-refractivity contribution in [3.8, 4) is 44.5 Å². The van der Waals surface area contributed by atoms with Crippen LogP contribution in [0, 0.1) is 0 Å². The van der Waals surface area contributed by atoms with Crippen LogP contribution in [0.4, 0.5) is 68.2 Å². The number of rotatable bonds is 17. The minimum atomic E-state index is -1.45. The first kappa shape index (κ1) is 74.0. The summed E-state index contributed by atoms with van der Waals surface area (Å²) in [5.41, 5.74) is 26.1. The van der Waals surface area contributed by atoms with Gasteiger partial charge in [0.2, 0.25) is 0 Å². The van der Waals surface area contributed by atoms with Gasteiger partial charge in [-0.2, -0.15) is 0 Å². The maximum Gasteiger partial charge on any atom is 0.143 e. The summed E-state index contributed by atoms with van der Waals surface area (Å²) < 4.78 is 13.9. The van der Waals surface area contributed by atoms with Crippen molar-refractivity contribution in [1.29, 1.82) is 0 Å². The second-order valence-electron chi connectivity index (χ2n) is 32.3. The van der Waals surface area contributed by atoms with Crippen LogP contribution in [0.1, 0.15) is 0 Å². The van der Waals surface area contributed by atoms with E-state index >= 15 is 0 Å². The number of anilines is 12. The molecular weight excluding hydrogens is 1500 g/mol. The standard InChI is InChI=1S/C59H46N2OSi.C56H38N2O/c1-63(2,3)49-35-32-46(33-36-49)60(44-19-9-5-10-20-44)48-34-38-54-57(40-48)62-59-53-37-29-43(39-55(53)51-24-13-14-25-52(51)58(54)59)41-27-30-47(31-28-41)61(45-21-11-6-12-22-45)56-26-16-15-23-50(56)42-17-7-4-8-18-42;1-5-17-40(18-6-1)47-25-15-16-28-53(47)58(44-23-11-4-12-24-44)45-32-29-39(30-33-45)41-31-35-50-52(37-41)48-26-13-14-27-49(48)55-51-36-34-46(38-54(51)59-56(50)55)57(42-19-7-2-8-20-42)43-21-9-3-10-22-43/h4-40H,1-3H3;1-38H. The van der Waals surface area contributed by atoms with Gasteiger partial charge in [0.1, 0.15) is 22.3 Å². The first-order valence-corrected chi connectivity index (χ1v) is 45.4. The zero-order chi connectivity index (χ0) is 81.6. The van der Waals surface area contributed by atoms with Gasteiger partial charge in [0, 0.05) is 112 Å². The van der Waals surface area contributed by atoms with Crippen molar-refractivity contribution in [2.75, 3.05) is 19.6 Å². The minimum absolute atomic E-state index is 0.864. The van der Waals surface area contributed by atoms with E-state index in [4.69, 9.17) is 8.83 Å². The van der Waals surface area contributed by atoms with Crippen LogP contribution in [0.5, 0.6) is 0 Å². The molecule has 0 aliphatic carbocycles. The van der Waals surface area contributed by atoms with Crippen molar-refractivity contribution < 1.29 is 8.83 Å². The van der Waals surface area contributed by atoms with E-state index in [1.54, 1.807) is 0 Å². The molecule has 0 N–H and O–H groups in total. The van der Waals surface area contributed by atoms with Crippen LogP contribution >= 0.6 is 0 Å². The fourth-order valence-electron chi connectivity index (χ4n) is 17.9. The highest BCUT2D eigenvalue weighted by molar-refractivity contribution is 6.88. The van der Waals surface area contributed by atoms with Crippen LogP contribution in [0.15, 0.2) is 464 Å². The molecule has 0 saturated carbocycles. The average Bonchev–Trinajstić information content (AvgIpc) is 1.54. The normalized spacial score (nSPS) is 11.6. The zero-order valence-corrected chi connectivity index (χ0v) is 68.9. The summed E-state index contributed by atoms with van der Waals surface area (Å²) in [6.45, 7) is 7.18. The first-order valence-electron chi connectivity index (χ1n) is 41.9. The summed E-state index contributed by atoms with van der Waals surface area (Å²) in [6, 6.07) is 163. The van der Waals surface area contributed by atoms with Crippen molar-refractivity contribution in [3.63, 3.8) is 0 Å².